The highest BCUT2D eigenvalue weighted by molar-refractivity contribution is 8.02. The molecule has 0 saturated carbocycles. The fourth-order valence-corrected chi connectivity index (χ4v) is 4.42. The lowest BCUT2D eigenvalue weighted by Crippen LogP contribution is -2.13. The van der Waals surface area contributed by atoms with E-state index in [0.29, 0.717) is 22.8 Å². The van der Waals surface area contributed by atoms with Crippen LogP contribution < -0.4 is 16.0 Å². The Hall–Kier alpha value is -3.89. The molecule has 0 bridgehead atoms. The third-order valence-corrected chi connectivity index (χ3v) is 6.55. The first kappa shape index (κ1) is 23.3. The zero-order valence-corrected chi connectivity index (χ0v) is 19.8. The summed E-state index contributed by atoms with van der Waals surface area (Å²) in [5.74, 6) is -0.236. The number of hydrogen-bond acceptors (Lipinski definition) is 8. The van der Waals surface area contributed by atoms with Gasteiger partial charge >= 0.3 is 5.03 Å². The van der Waals surface area contributed by atoms with Gasteiger partial charge in [-0.3, -0.25) is 19.9 Å². The molecule has 0 aliphatic carbocycles. The van der Waals surface area contributed by atoms with Crippen LogP contribution >= 0.6 is 23.1 Å². The van der Waals surface area contributed by atoms with Crippen LogP contribution in [0.1, 0.15) is 15.2 Å². The summed E-state index contributed by atoms with van der Waals surface area (Å²) in [5, 5.41) is 23.0. The first-order valence-electron chi connectivity index (χ1n) is 10.3. The van der Waals surface area contributed by atoms with Crippen LogP contribution in [-0.2, 0) is 6.54 Å². The van der Waals surface area contributed by atoms with Crippen molar-refractivity contribution in [3.05, 3.63) is 104 Å². The van der Waals surface area contributed by atoms with E-state index in [-0.39, 0.29) is 10.9 Å². The Morgan fingerprint density at radius 2 is 1.97 bits per heavy atom. The summed E-state index contributed by atoms with van der Waals surface area (Å²) in [4.78, 5) is 28.4. The van der Waals surface area contributed by atoms with E-state index in [2.05, 4.69) is 20.9 Å². The maximum absolute atomic E-state index is 13.0. The van der Waals surface area contributed by atoms with Crippen molar-refractivity contribution in [2.24, 2.45) is 0 Å². The van der Waals surface area contributed by atoms with Crippen molar-refractivity contribution < 1.29 is 9.72 Å². The standard InChI is InChI=1S/C24H21N5O3S2/c1-33-22(29(31)32)15-26-17-5-4-6-18(13-17)28-24(30)23-21(10-12-34-23)27-14-16-9-11-25-20-8-3-2-7-19(16)20/h2-13,15,26-27H,14H2,1H3,(H,28,30). The van der Waals surface area contributed by atoms with Crippen LogP contribution in [0.4, 0.5) is 17.1 Å². The van der Waals surface area contributed by atoms with Gasteiger partial charge in [0.05, 0.1) is 22.3 Å². The summed E-state index contributed by atoms with van der Waals surface area (Å²) in [6.45, 7) is 0.556. The summed E-state index contributed by atoms with van der Waals surface area (Å²) >= 11 is 2.39. The molecule has 2 heterocycles. The minimum atomic E-state index is -0.455. The highest BCUT2D eigenvalue weighted by Crippen LogP contribution is 2.26. The van der Waals surface area contributed by atoms with E-state index in [1.807, 2.05) is 41.8 Å². The zero-order chi connectivity index (χ0) is 23.9. The molecular weight excluding hydrogens is 470 g/mol. The first-order valence-corrected chi connectivity index (χ1v) is 12.4. The van der Waals surface area contributed by atoms with Crippen molar-refractivity contribution in [2.75, 3.05) is 22.2 Å². The molecule has 1 amide bonds. The highest BCUT2D eigenvalue weighted by Gasteiger charge is 2.14. The molecule has 0 radical (unpaired) electrons. The van der Waals surface area contributed by atoms with Gasteiger partial charge in [-0.25, -0.2) is 0 Å². The lowest BCUT2D eigenvalue weighted by molar-refractivity contribution is -0.410. The molecule has 10 heteroatoms. The number of carbonyl (C=O) groups excluding carboxylic acids is 1. The molecule has 0 spiro atoms. The number of nitrogens with one attached hydrogen (secondary N) is 3. The smallest absolute Gasteiger partial charge is 0.318 e. The lowest BCUT2D eigenvalue weighted by Gasteiger charge is -2.11. The van der Waals surface area contributed by atoms with Gasteiger partial charge in [0.25, 0.3) is 5.91 Å². The van der Waals surface area contributed by atoms with Crippen LogP contribution in [0, 0.1) is 10.1 Å². The van der Waals surface area contributed by atoms with Crippen LogP contribution in [-0.4, -0.2) is 22.1 Å². The molecule has 4 rings (SSSR count). The van der Waals surface area contributed by atoms with Gasteiger partial charge in [0.15, 0.2) is 0 Å². The number of thioether (sulfide) groups is 1. The minimum absolute atomic E-state index is 0.00860. The molecule has 0 fully saturated rings. The molecule has 0 saturated heterocycles. The monoisotopic (exact) mass is 491 g/mol. The number of carbonyl (C=O) groups is 1. The fraction of sp³-hybridized carbons (Fsp3) is 0.0833. The summed E-state index contributed by atoms with van der Waals surface area (Å²) in [7, 11) is 0. The van der Waals surface area contributed by atoms with Gasteiger partial charge in [0.2, 0.25) is 0 Å². The topological polar surface area (TPSA) is 109 Å². The van der Waals surface area contributed by atoms with E-state index in [1.165, 1.54) is 17.5 Å². The predicted molar refractivity (Wildman–Crippen MR) is 140 cm³/mol. The molecule has 0 atom stereocenters. The van der Waals surface area contributed by atoms with Crippen molar-refractivity contribution in [1.82, 2.24) is 4.98 Å². The number of para-hydroxylation sites is 1. The lowest BCUT2D eigenvalue weighted by atomic mass is 10.1. The molecular formula is C24H21N5O3S2. The Bertz CT molecular complexity index is 1360. The number of aromatic nitrogens is 1. The first-order chi connectivity index (χ1) is 16.5. The number of rotatable bonds is 9. The Morgan fingerprint density at radius 3 is 2.79 bits per heavy atom. The van der Waals surface area contributed by atoms with Crippen LogP contribution in [0.5, 0.6) is 0 Å². The molecule has 34 heavy (non-hydrogen) atoms. The highest BCUT2D eigenvalue weighted by atomic mass is 32.2. The normalized spacial score (nSPS) is 11.3. The van der Waals surface area contributed by atoms with Gasteiger partial charge in [-0.15, -0.1) is 11.3 Å². The summed E-state index contributed by atoms with van der Waals surface area (Å²) in [6.07, 6.45) is 4.75. The number of hydrogen-bond donors (Lipinski definition) is 3. The van der Waals surface area contributed by atoms with Gasteiger partial charge in [0, 0.05) is 29.5 Å². The van der Waals surface area contributed by atoms with Gasteiger partial charge < -0.3 is 16.0 Å². The number of amides is 1. The van der Waals surface area contributed by atoms with Crippen LogP contribution in [0.25, 0.3) is 10.9 Å². The van der Waals surface area contributed by atoms with Crippen molar-refractivity contribution in [3.8, 4) is 0 Å². The summed E-state index contributed by atoms with van der Waals surface area (Å²) in [6, 6.07) is 18.8. The van der Waals surface area contributed by atoms with Gasteiger partial charge in [-0.2, -0.15) is 0 Å². The average molecular weight is 492 g/mol. The number of nitro groups is 1. The summed E-state index contributed by atoms with van der Waals surface area (Å²) < 4.78 is 0. The second-order valence-corrected chi connectivity index (χ2v) is 8.87. The Labute approximate surface area is 204 Å². The Balaban J connectivity index is 1.44. The Kier molecular flexibility index (Phi) is 7.41. The minimum Gasteiger partial charge on any atom is -0.380 e. The SMILES string of the molecule is CSC(=CNc1cccc(NC(=O)c2sccc2NCc2ccnc3ccccc23)c1)[N+](=O)[O-]. The van der Waals surface area contributed by atoms with Crippen LogP contribution in [0.15, 0.2) is 83.5 Å². The molecule has 0 aliphatic heterocycles. The number of pyridine rings is 1. The number of anilines is 3. The second kappa shape index (κ2) is 10.8. The maximum atomic E-state index is 13.0. The third kappa shape index (κ3) is 5.53. The van der Waals surface area contributed by atoms with Gasteiger partial charge in [-0.1, -0.05) is 36.0 Å². The molecule has 172 valence electrons. The molecule has 8 nitrogen and oxygen atoms in total. The molecule has 0 unspecified atom stereocenters. The van der Waals surface area contributed by atoms with Crippen LogP contribution in [0.2, 0.25) is 0 Å². The van der Waals surface area contributed by atoms with Crippen molar-refractivity contribution >= 4 is 57.0 Å². The molecule has 0 aliphatic rings. The van der Waals surface area contributed by atoms with Gasteiger partial charge in [-0.05, 0) is 53.6 Å². The maximum Gasteiger partial charge on any atom is 0.318 e. The predicted octanol–water partition coefficient (Wildman–Crippen LogP) is 6.01. The second-order valence-electron chi connectivity index (χ2n) is 7.13. The van der Waals surface area contributed by atoms with Crippen molar-refractivity contribution in [3.63, 3.8) is 0 Å². The average Bonchev–Trinajstić information content (AvgIpc) is 3.32. The van der Waals surface area contributed by atoms with E-state index >= 15 is 0 Å². The van der Waals surface area contributed by atoms with E-state index in [9.17, 15) is 14.9 Å². The fourth-order valence-electron chi connectivity index (χ4n) is 3.33. The van der Waals surface area contributed by atoms with Crippen LogP contribution in [0.3, 0.4) is 0 Å². The molecule has 3 N–H and O–H groups in total. The number of nitrogens with zero attached hydrogens (tertiary/aromatic N) is 2. The summed E-state index contributed by atoms with van der Waals surface area (Å²) in [5.41, 5.74) is 3.97. The zero-order valence-electron chi connectivity index (χ0n) is 18.1. The Morgan fingerprint density at radius 1 is 1.15 bits per heavy atom. The largest absolute Gasteiger partial charge is 0.380 e. The van der Waals surface area contributed by atoms with Crippen molar-refractivity contribution in [2.45, 2.75) is 6.54 Å². The number of fused-ring (bicyclic) bond motifs is 1. The molecule has 2 aromatic carbocycles. The molecule has 2 aromatic heterocycles. The van der Waals surface area contributed by atoms with E-state index in [1.54, 1.807) is 36.7 Å². The molecule has 4 aromatic rings. The van der Waals surface area contributed by atoms with E-state index < -0.39 is 4.92 Å². The van der Waals surface area contributed by atoms with E-state index in [4.69, 9.17) is 0 Å². The number of benzene rings is 2. The van der Waals surface area contributed by atoms with Crippen molar-refractivity contribution in [1.29, 1.82) is 0 Å². The van der Waals surface area contributed by atoms with E-state index in [0.717, 1.165) is 33.9 Å². The van der Waals surface area contributed by atoms with Gasteiger partial charge in [0.1, 0.15) is 4.88 Å². The number of thiophene rings is 1. The third-order valence-electron chi connectivity index (χ3n) is 4.95. The quantitative estimate of drug-likeness (QED) is 0.194.